The Morgan fingerprint density at radius 3 is 2.53 bits per heavy atom. The van der Waals surface area contributed by atoms with Crippen molar-refractivity contribution in [2.24, 2.45) is 5.73 Å². The van der Waals surface area contributed by atoms with Crippen LogP contribution in [0.2, 0.25) is 0 Å². The fourth-order valence-electron chi connectivity index (χ4n) is 1.33. The standard InChI is InChI=1S/C11H14N2O2/c1-6(11(13)14)8-4-5-9(15-3)7(2)10(8)12/h4-5H,1,12H2,2-3H3,(H2,13,14). The van der Waals surface area contributed by atoms with Gasteiger partial charge in [-0.3, -0.25) is 4.79 Å². The van der Waals surface area contributed by atoms with Crippen LogP contribution in [-0.4, -0.2) is 13.0 Å². The Kier molecular flexibility index (Phi) is 2.99. The Morgan fingerprint density at radius 1 is 1.47 bits per heavy atom. The van der Waals surface area contributed by atoms with Gasteiger partial charge in [-0.05, 0) is 19.1 Å². The van der Waals surface area contributed by atoms with E-state index in [0.29, 0.717) is 17.0 Å². The number of carbonyl (C=O) groups excluding carboxylic acids is 1. The van der Waals surface area contributed by atoms with Gasteiger partial charge < -0.3 is 16.2 Å². The van der Waals surface area contributed by atoms with Crippen LogP contribution in [0.1, 0.15) is 11.1 Å². The minimum Gasteiger partial charge on any atom is -0.496 e. The zero-order valence-corrected chi connectivity index (χ0v) is 8.83. The zero-order chi connectivity index (χ0) is 11.6. The number of anilines is 1. The first-order chi connectivity index (χ1) is 6.99. The van der Waals surface area contributed by atoms with Crippen molar-refractivity contribution in [3.8, 4) is 5.75 Å². The number of hydrogen-bond acceptors (Lipinski definition) is 3. The largest absolute Gasteiger partial charge is 0.496 e. The number of carbonyl (C=O) groups is 1. The van der Waals surface area contributed by atoms with Gasteiger partial charge in [-0.15, -0.1) is 0 Å². The number of hydrogen-bond donors (Lipinski definition) is 2. The molecule has 1 amide bonds. The molecule has 0 bridgehead atoms. The summed E-state index contributed by atoms with van der Waals surface area (Å²) in [6.07, 6.45) is 0. The monoisotopic (exact) mass is 206 g/mol. The quantitative estimate of drug-likeness (QED) is 0.574. The Morgan fingerprint density at radius 2 is 2.07 bits per heavy atom. The van der Waals surface area contributed by atoms with Crippen molar-refractivity contribution in [2.45, 2.75) is 6.92 Å². The van der Waals surface area contributed by atoms with Gasteiger partial charge in [0.1, 0.15) is 5.75 Å². The van der Waals surface area contributed by atoms with Gasteiger partial charge in [0.15, 0.2) is 0 Å². The molecule has 0 aliphatic carbocycles. The van der Waals surface area contributed by atoms with Crippen molar-refractivity contribution in [1.29, 1.82) is 0 Å². The smallest absolute Gasteiger partial charge is 0.248 e. The van der Waals surface area contributed by atoms with E-state index >= 15 is 0 Å². The van der Waals surface area contributed by atoms with Crippen LogP contribution in [0.3, 0.4) is 0 Å². The average Bonchev–Trinajstić information content (AvgIpc) is 2.21. The molecule has 0 heterocycles. The molecule has 4 nitrogen and oxygen atoms in total. The van der Waals surface area contributed by atoms with Gasteiger partial charge in [-0.2, -0.15) is 0 Å². The second kappa shape index (κ2) is 4.04. The molecule has 80 valence electrons. The lowest BCUT2D eigenvalue weighted by Crippen LogP contribution is -2.13. The van der Waals surface area contributed by atoms with Gasteiger partial charge >= 0.3 is 0 Å². The molecule has 0 saturated carbocycles. The highest BCUT2D eigenvalue weighted by Gasteiger charge is 2.12. The first kappa shape index (κ1) is 11.1. The summed E-state index contributed by atoms with van der Waals surface area (Å²) < 4.78 is 5.10. The molecule has 0 aliphatic rings. The predicted octanol–water partition coefficient (Wildman–Crippen LogP) is 1.08. The molecule has 0 aliphatic heterocycles. The van der Waals surface area contributed by atoms with Crippen molar-refractivity contribution in [2.75, 3.05) is 12.8 Å². The lowest BCUT2D eigenvalue weighted by molar-refractivity contribution is -0.112. The number of primary amides is 1. The average molecular weight is 206 g/mol. The maximum absolute atomic E-state index is 11.0. The third-order valence-electron chi connectivity index (χ3n) is 2.31. The highest BCUT2D eigenvalue weighted by molar-refractivity contribution is 6.19. The highest BCUT2D eigenvalue weighted by atomic mass is 16.5. The number of ether oxygens (including phenoxy) is 1. The second-order valence-electron chi connectivity index (χ2n) is 3.20. The van der Waals surface area contributed by atoms with Crippen LogP contribution in [0, 0.1) is 6.92 Å². The van der Waals surface area contributed by atoms with E-state index in [0.717, 1.165) is 5.56 Å². The fourth-order valence-corrected chi connectivity index (χ4v) is 1.33. The first-order valence-electron chi connectivity index (χ1n) is 4.41. The van der Waals surface area contributed by atoms with Crippen LogP contribution in [0.15, 0.2) is 18.7 Å². The summed E-state index contributed by atoms with van der Waals surface area (Å²) in [5, 5.41) is 0. The summed E-state index contributed by atoms with van der Waals surface area (Å²) in [6, 6.07) is 3.41. The van der Waals surface area contributed by atoms with Gasteiger partial charge in [0.25, 0.3) is 0 Å². The van der Waals surface area contributed by atoms with Crippen LogP contribution in [0.5, 0.6) is 5.75 Å². The number of nitrogens with two attached hydrogens (primary N) is 2. The van der Waals surface area contributed by atoms with E-state index in [4.69, 9.17) is 16.2 Å². The maximum atomic E-state index is 11.0. The summed E-state index contributed by atoms with van der Waals surface area (Å²) in [6.45, 7) is 5.40. The normalized spacial score (nSPS) is 9.73. The van der Waals surface area contributed by atoms with Crippen molar-refractivity contribution < 1.29 is 9.53 Å². The van der Waals surface area contributed by atoms with Crippen LogP contribution in [-0.2, 0) is 4.79 Å². The van der Waals surface area contributed by atoms with Crippen LogP contribution < -0.4 is 16.2 Å². The molecule has 0 spiro atoms. The molecular formula is C11H14N2O2. The van der Waals surface area contributed by atoms with Crippen LogP contribution in [0.4, 0.5) is 5.69 Å². The summed E-state index contributed by atoms with van der Waals surface area (Å²) in [7, 11) is 1.56. The van der Waals surface area contributed by atoms with Gasteiger partial charge in [-0.25, -0.2) is 0 Å². The predicted molar refractivity (Wildman–Crippen MR) is 60.4 cm³/mol. The highest BCUT2D eigenvalue weighted by Crippen LogP contribution is 2.30. The van der Waals surface area contributed by atoms with E-state index in [1.807, 2.05) is 6.92 Å². The van der Waals surface area contributed by atoms with Crippen molar-refractivity contribution in [3.63, 3.8) is 0 Å². The van der Waals surface area contributed by atoms with E-state index in [1.165, 1.54) is 0 Å². The Bertz CT molecular complexity index is 425. The van der Waals surface area contributed by atoms with Crippen molar-refractivity contribution in [3.05, 3.63) is 29.8 Å². The third-order valence-corrected chi connectivity index (χ3v) is 2.31. The number of nitrogen functional groups attached to an aromatic ring is 1. The second-order valence-corrected chi connectivity index (χ2v) is 3.20. The van der Waals surface area contributed by atoms with Crippen LogP contribution in [0.25, 0.3) is 5.57 Å². The van der Waals surface area contributed by atoms with Gasteiger partial charge in [0.2, 0.25) is 5.91 Å². The molecule has 4 N–H and O–H groups in total. The maximum Gasteiger partial charge on any atom is 0.248 e. The van der Waals surface area contributed by atoms with E-state index < -0.39 is 5.91 Å². The molecule has 1 rings (SSSR count). The molecule has 0 unspecified atom stereocenters. The minimum atomic E-state index is -0.578. The molecule has 1 aromatic carbocycles. The number of benzene rings is 1. The first-order valence-corrected chi connectivity index (χ1v) is 4.41. The molecule has 0 atom stereocenters. The molecule has 15 heavy (non-hydrogen) atoms. The number of rotatable bonds is 3. The minimum absolute atomic E-state index is 0.207. The van der Waals surface area contributed by atoms with E-state index in [1.54, 1.807) is 19.2 Å². The summed E-state index contributed by atoms with van der Waals surface area (Å²) >= 11 is 0. The topological polar surface area (TPSA) is 78.3 Å². The molecule has 0 radical (unpaired) electrons. The van der Waals surface area contributed by atoms with Gasteiger partial charge in [0, 0.05) is 22.4 Å². The van der Waals surface area contributed by atoms with Crippen molar-refractivity contribution in [1.82, 2.24) is 0 Å². The van der Waals surface area contributed by atoms with Gasteiger partial charge in [-0.1, -0.05) is 6.58 Å². The lowest BCUT2D eigenvalue weighted by atomic mass is 10.0. The fraction of sp³-hybridized carbons (Fsp3) is 0.182. The molecule has 0 fully saturated rings. The Balaban J connectivity index is 3.29. The summed E-state index contributed by atoms with van der Waals surface area (Å²) in [5.74, 6) is 0.0970. The van der Waals surface area contributed by atoms with Gasteiger partial charge in [0.05, 0.1) is 7.11 Å². The van der Waals surface area contributed by atoms with Crippen molar-refractivity contribution >= 4 is 17.2 Å². The molecular weight excluding hydrogens is 192 g/mol. The zero-order valence-electron chi connectivity index (χ0n) is 8.83. The number of amides is 1. The molecule has 0 saturated heterocycles. The lowest BCUT2D eigenvalue weighted by Gasteiger charge is -2.12. The third kappa shape index (κ3) is 1.93. The Hall–Kier alpha value is -1.97. The van der Waals surface area contributed by atoms with E-state index in [2.05, 4.69) is 6.58 Å². The summed E-state index contributed by atoms with van der Waals surface area (Å²) in [4.78, 5) is 11.0. The number of methoxy groups -OCH3 is 1. The SMILES string of the molecule is C=C(C(N)=O)c1ccc(OC)c(C)c1N. The summed E-state index contributed by atoms with van der Waals surface area (Å²) in [5.41, 5.74) is 13.0. The Labute approximate surface area is 88.5 Å². The van der Waals surface area contributed by atoms with E-state index in [-0.39, 0.29) is 5.57 Å². The van der Waals surface area contributed by atoms with Crippen LogP contribution >= 0.6 is 0 Å². The molecule has 1 aromatic rings. The van der Waals surface area contributed by atoms with E-state index in [9.17, 15) is 4.79 Å². The molecule has 0 aromatic heterocycles. The molecule has 4 heteroatoms.